The van der Waals surface area contributed by atoms with Crippen molar-refractivity contribution in [1.29, 1.82) is 0 Å². The van der Waals surface area contributed by atoms with Crippen molar-refractivity contribution < 1.29 is 24.0 Å². The van der Waals surface area contributed by atoms with Crippen LogP contribution in [0.3, 0.4) is 0 Å². The zero-order valence-electron chi connectivity index (χ0n) is 22.5. The summed E-state index contributed by atoms with van der Waals surface area (Å²) in [6.07, 6.45) is 1.59. The lowest BCUT2D eigenvalue weighted by atomic mass is 9.98. The van der Waals surface area contributed by atoms with Crippen LogP contribution in [0.4, 0.5) is 0 Å². The molecule has 2 aromatic carbocycles. The van der Waals surface area contributed by atoms with Gasteiger partial charge in [0.1, 0.15) is 18.4 Å². The molecule has 0 radical (unpaired) electrons. The largest absolute Gasteiger partial charge is 0.356 e. The van der Waals surface area contributed by atoms with E-state index in [1.807, 2.05) is 68.4 Å². The van der Waals surface area contributed by atoms with Gasteiger partial charge >= 0.3 is 0 Å². The maximum Gasteiger partial charge on any atom is 0.262 e. The smallest absolute Gasteiger partial charge is 0.262 e. The van der Waals surface area contributed by atoms with Crippen LogP contribution in [0.2, 0.25) is 0 Å². The van der Waals surface area contributed by atoms with Gasteiger partial charge in [-0.15, -0.1) is 11.3 Å². The average Bonchev–Trinajstić information content (AvgIpc) is 3.57. The lowest BCUT2D eigenvalue weighted by Gasteiger charge is -2.26. The number of hydrogen-bond acceptors (Lipinski definition) is 6. The zero-order chi connectivity index (χ0) is 28.6. The van der Waals surface area contributed by atoms with Gasteiger partial charge in [-0.1, -0.05) is 62.4 Å². The van der Waals surface area contributed by atoms with Gasteiger partial charge in [0.2, 0.25) is 17.7 Å². The first-order valence-electron chi connectivity index (χ1n) is 13.4. The van der Waals surface area contributed by atoms with Gasteiger partial charge in [-0.3, -0.25) is 19.2 Å². The zero-order valence-corrected chi connectivity index (χ0v) is 23.3. The molecule has 2 heterocycles. The first-order valence-corrected chi connectivity index (χ1v) is 14.2. The van der Waals surface area contributed by atoms with Crippen LogP contribution in [-0.4, -0.2) is 54.6 Å². The Morgan fingerprint density at radius 1 is 1.00 bits per heavy atom. The third kappa shape index (κ3) is 7.32. The Balaban J connectivity index is 1.48. The highest BCUT2D eigenvalue weighted by atomic mass is 32.1. The fourth-order valence-electron chi connectivity index (χ4n) is 4.77. The molecule has 1 fully saturated rings. The van der Waals surface area contributed by atoms with E-state index in [0.29, 0.717) is 24.1 Å². The van der Waals surface area contributed by atoms with E-state index in [1.54, 1.807) is 6.07 Å². The third-order valence-electron chi connectivity index (χ3n) is 6.99. The number of fused-ring (bicyclic) bond motifs is 1. The van der Waals surface area contributed by atoms with E-state index >= 15 is 0 Å². The number of amides is 4. The number of carbonyl (C=O) groups is 5. The van der Waals surface area contributed by atoms with Crippen molar-refractivity contribution in [3.63, 3.8) is 0 Å². The standard InChI is InChI=1S/C30H34N4O5S/c1-18(2)26(34-29(38)25-16-20-10-6-7-11-24(20)40-25)30(39)33-23(14-19-8-4-3-5-9-19)28(37)32-22(17-35)15-21-12-13-31-27(21)36/h3-11,16-18,21-23,26H,12-15H2,1-2H3,(H,31,36)(H,32,37)(H,33,39)(H,34,38)/t21-,22-,23-,26-/m0/s1. The summed E-state index contributed by atoms with van der Waals surface area (Å²) >= 11 is 1.34. The van der Waals surface area contributed by atoms with Crippen molar-refractivity contribution in [3.8, 4) is 0 Å². The van der Waals surface area contributed by atoms with Crippen molar-refractivity contribution in [2.75, 3.05) is 6.54 Å². The molecule has 0 spiro atoms. The number of thiophene rings is 1. The molecule has 210 valence electrons. The molecule has 1 aliphatic heterocycles. The Kier molecular flexibility index (Phi) is 9.65. The molecule has 3 aromatic rings. The van der Waals surface area contributed by atoms with E-state index in [-0.39, 0.29) is 36.5 Å². The maximum atomic E-state index is 13.5. The molecule has 0 aliphatic carbocycles. The van der Waals surface area contributed by atoms with E-state index in [9.17, 15) is 24.0 Å². The summed E-state index contributed by atoms with van der Waals surface area (Å²) in [7, 11) is 0. The Bertz CT molecular complexity index is 1340. The van der Waals surface area contributed by atoms with E-state index in [4.69, 9.17) is 0 Å². The first kappa shape index (κ1) is 28.9. The predicted molar refractivity (Wildman–Crippen MR) is 154 cm³/mol. The lowest BCUT2D eigenvalue weighted by molar-refractivity contribution is -0.131. The molecular formula is C30H34N4O5S. The number of carbonyl (C=O) groups excluding carboxylic acids is 5. The van der Waals surface area contributed by atoms with Gasteiger partial charge in [-0.05, 0) is 41.8 Å². The summed E-state index contributed by atoms with van der Waals surface area (Å²) in [6.45, 7) is 4.17. The second kappa shape index (κ2) is 13.3. The topological polar surface area (TPSA) is 133 Å². The Morgan fingerprint density at radius 2 is 1.73 bits per heavy atom. The van der Waals surface area contributed by atoms with Gasteiger partial charge in [-0.25, -0.2) is 0 Å². The molecule has 4 amide bonds. The van der Waals surface area contributed by atoms with Gasteiger partial charge < -0.3 is 26.1 Å². The van der Waals surface area contributed by atoms with Gasteiger partial charge in [0.05, 0.1) is 10.9 Å². The van der Waals surface area contributed by atoms with Crippen LogP contribution in [0.5, 0.6) is 0 Å². The predicted octanol–water partition coefficient (Wildman–Crippen LogP) is 2.59. The molecule has 0 bridgehead atoms. The summed E-state index contributed by atoms with van der Waals surface area (Å²) in [5.74, 6) is -2.15. The van der Waals surface area contributed by atoms with Crippen molar-refractivity contribution in [1.82, 2.24) is 21.3 Å². The summed E-state index contributed by atoms with van der Waals surface area (Å²) in [4.78, 5) is 64.2. The Labute approximate surface area is 237 Å². The second-order valence-electron chi connectivity index (χ2n) is 10.4. The molecule has 0 unspecified atom stereocenters. The van der Waals surface area contributed by atoms with Crippen LogP contribution in [-0.2, 0) is 25.6 Å². The first-order chi connectivity index (χ1) is 19.2. The van der Waals surface area contributed by atoms with Crippen LogP contribution >= 0.6 is 11.3 Å². The minimum absolute atomic E-state index is 0.135. The van der Waals surface area contributed by atoms with Gasteiger partial charge in [0.25, 0.3) is 5.91 Å². The quantitative estimate of drug-likeness (QED) is 0.252. The minimum atomic E-state index is -1.00. The number of aldehydes is 1. The highest BCUT2D eigenvalue weighted by Gasteiger charge is 2.32. The highest BCUT2D eigenvalue weighted by Crippen LogP contribution is 2.25. The number of rotatable bonds is 12. The van der Waals surface area contributed by atoms with Crippen LogP contribution in [0.15, 0.2) is 60.7 Å². The minimum Gasteiger partial charge on any atom is -0.356 e. The molecule has 9 nitrogen and oxygen atoms in total. The molecule has 0 saturated carbocycles. The van der Waals surface area contributed by atoms with E-state index in [2.05, 4.69) is 21.3 Å². The molecule has 4 atom stereocenters. The molecule has 1 aromatic heterocycles. The Hall–Kier alpha value is -4.05. The molecule has 4 rings (SSSR count). The highest BCUT2D eigenvalue weighted by molar-refractivity contribution is 7.20. The van der Waals surface area contributed by atoms with Crippen molar-refractivity contribution in [2.45, 2.75) is 51.2 Å². The van der Waals surface area contributed by atoms with Crippen LogP contribution in [0, 0.1) is 11.8 Å². The molecule has 1 saturated heterocycles. The SMILES string of the molecule is CC(C)[C@H](NC(=O)c1cc2ccccc2s1)C(=O)N[C@@H](Cc1ccccc1)C(=O)N[C@H](C=O)C[C@@H]1CCNC1=O. The number of nitrogens with one attached hydrogen (secondary N) is 4. The fourth-order valence-corrected chi connectivity index (χ4v) is 5.74. The van der Waals surface area contributed by atoms with E-state index < -0.39 is 29.9 Å². The van der Waals surface area contributed by atoms with Gasteiger partial charge in [-0.2, -0.15) is 0 Å². The van der Waals surface area contributed by atoms with Crippen LogP contribution in [0.1, 0.15) is 41.9 Å². The molecular weight excluding hydrogens is 528 g/mol. The number of benzene rings is 2. The summed E-state index contributed by atoms with van der Waals surface area (Å²) in [6, 6.07) is 15.9. The molecule has 10 heteroatoms. The summed E-state index contributed by atoms with van der Waals surface area (Å²) in [5, 5.41) is 12.0. The average molecular weight is 563 g/mol. The molecule has 4 N–H and O–H groups in total. The Morgan fingerprint density at radius 3 is 2.38 bits per heavy atom. The third-order valence-corrected chi connectivity index (χ3v) is 8.11. The van der Waals surface area contributed by atoms with Crippen molar-refractivity contribution in [3.05, 3.63) is 71.1 Å². The maximum absolute atomic E-state index is 13.5. The summed E-state index contributed by atoms with van der Waals surface area (Å²) < 4.78 is 0.970. The monoisotopic (exact) mass is 562 g/mol. The van der Waals surface area contributed by atoms with Crippen LogP contribution in [0.25, 0.3) is 10.1 Å². The molecule has 40 heavy (non-hydrogen) atoms. The number of hydrogen-bond donors (Lipinski definition) is 4. The molecule has 1 aliphatic rings. The van der Waals surface area contributed by atoms with Crippen molar-refractivity contribution >= 4 is 51.3 Å². The summed E-state index contributed by atoms with van der Waals surface area (Å²) in [5.41, 5.74) is 0.816. The van der Waals surface area contributed by atoms with E-state index in [0.717, 1.165) is 15.6 Å². The van der Waals surface area contributed by atoms with Crippen molar-refractivity contribution in [2.24, 2.45) is 11.8 Å². The second-order valence-corrected chi connectivity index (χ2v) is 11.4. The van der Waals surface area contributed by atoms with Gasteiger partial charge in [0, 0.05) is 23.6 Å². The van der Waals surface area contributed by atoms with Gasteiger partial charge in [0.15, 0.2) is 0 Å². The fraction of sp³-hybridized carbons (Fsp3) is 0.367. The van der Waals surface area contributed by atoms with E-state index in [1.165, 1.54) is 11.3 Å². The normalized spacial score (nSPS) is 17.1. The van der Waals surface area contributed by atoms with Crippen LogP contribution < -0.4 is 21.3 Å². The lowest BCUT2D eigenvalue weighted by Crippen LogP contribution is -2.57.